The number of hydrogen-bond donors (Lipinski definition) is 0. The minimum Gasteiger partial charge on any atom is -0.300 e. The molecule has 0 aliphatic carbocycles. The third-order valence-corrected chi connectivity index (χ3v) is 2.85. The van der Waals surface area contributed by atoms with Crippen LogP contribution in [0.2, 0.25) is 0 Å². The number of carbonyl (C=O) groups is 1. The fraction of sp³-hybridized carbons (Fsp3) is 0.889. The molecule has 0 N–H and O–H groups in total. The van der Waals surface area contributed by atoms with Crippen LogP contribution >= 0.6 is 23.4 Å². The van der Waals surface area contributed by atoms with Crippen molar-refractivity contribution >= 4 is 29.1 Å². The number of carbonyl (C=O) groups excluding carboxylic acids is 1. The second kappa shape index (κ2) is 7.93. The van der Waals surface area contributed by atoms with E-state index in [1.54, 1.807) is 6.92 Å². The Morgan fingerprint density at radius 2 is 2.17 bits per heavy atom. The minimum absolute atomic E-state index is 0.203. The molecule has 0 saturated heterocycles. The predicted octanol–water partition coefficient (Wildman–Crippen LogP) is 2.96. The summed E-state index contributed by atoms with van der Waals surface area (Å²) in [5.74, 6) is 2.24. The summed E-state index contributed by atoms with van der Waals surface area (Å²) in [6.45, 7) is 1.66. The van der Waals surface area contributed by atoms with E-state index in [1.165, 1.54) is 0 Å². The molecule has 0 radical (unpaired) electrons. The number of alkyl halides is 1. The number of ketones is 1. The van der Waals surface area contributed by atoms with Gasteiger partial charge in [-0.15, -0.1) is 11.6 Å². The topological polar surface area (TPSA) is 17.1 Å². The Bertz CT molecular complexity index is 128. The zero-order valence-corrected chi connectivity index (χ0v) is 9.38. The molecule has 3 heteroatoms. The first-order valence-electron chi connectivity index (χ1n) is 4.27. The zero-order chi connectivity index (χ0) is 9.40. The lowest BCUT2D eigenvalue weighted by Gasteiger charge is -2.10. The normalized spacial score (nSPS) is 12.9. The van der Waals surface area contributed by atoms with Gasteiger partial charge in [-0.05, 0) is 38.2 Å². The lowest BCUT2D eigenvalue weighted by Crippen LogP contribution is -2.11. The van der Waals surface area contributed by atoms with Gasteiger partial charge in [0.25, 0.3) is 0 Å². The molecule has 0 spiro atoms. The van der Waals surface area contributed by atoms with Crippen molar-refractivity contribution in [3.63, 3.8) is 0 Å². The third kappa shape index (κ3) is 5.90. The van der Waals surface area contributed by atoms with E-state index in [-0.39, 0.29) is 11.7 Å². The zero-order valence-electron chi connectivity index (χ0n) is 7.81. The van der Waals surface area contributed by atoms with Crippen LogP contribution in [0.5, 0.6) is 0 Å². The first kappa shape index (κ1) is 12.3. The molecule has 1 unspecified atom stereocenters. The summed E-state index contributed by atoms with van der Waals surface area (Å²) < 4.78 is 0. The summed E-state index contributed by atoms with van der Waals surface area (Å²) in [4.78, 5) is 11.1. The molecule has 0 aliphatic heterocycles. The molecule has 0 amide bonds. The minimum atomic E-state index is 0.203. The molecule has 1 atom stereocenters. The smallest absolute Gasteiger partial charge is 0.132 e. The Morgan fingerprint density at radius 3 is 2.58 bits per heavy atom. The van der Waals surface area contributed by atoms with Gasteiger partial charge in [0, 0.05) is 11.8 Å². The average molecular weight is 209 g/mol. The van der Waals surface area contributed by atoms with Crippen molar-refractivity contribution in [2.75, 3.05) is 17.9 Å². The number of hydrogen-bond acceptors (Lipinski definition) is 2. The Kier molecular flexibility index (Phi) is 8.14. The van der Waals surface area contributed by atoms with E-state index in [1.807, 2.05) is 11.8 Å². The SMILES string of the molecule is CSCCCC(CCCl)C(C)=O. The fourth-order valence-corrected chi connectivity index (χ4v) is 1.88. The average Bonchev–Trinajstić information content (AvgIpc) is 2.03. The molecule has 0 aromatic carbocycles. The van der Waals surface area contributed by atoms with Gasteiger partial charge in [-0.2, -0.15) is 11.8 Å². The van der Waals surface area contributed by atoms with Gasteiger partial charge < -0.3 is 0 Å². The highest BCUT2D eigenvalue weighted by atomic mass is 35.5. The molecule has 0 aromatic heterocycles. The third-order valence-electron chi connectivity index (χ3n) is 1.93. The summed E-state index contributed by atoms with van der Waals surface area (Å²) in [5, 5.41) is 0. The van der Waals surface area contributed by atoms with Crippen molar-refractivity contribution in [2.45, 2.75) is 26.2 Å². The van der Waals surface area contributed by atoms with Gasteiger partial charge in [0.05, 0.1) is 0 Å². The van der Waals surface area contributed by atoms with Crippen molar-refractivity contribution in [1.29, 1.82) is 0 Å². The summed E-state index contributed by atoms with van der Waals surface area (Å²) in [7, 11) is 0. The van der Waals surface area contributed by atoms with E-state index in [2.05, 4.69) is 6.26 Å². The molecule has 0 saturated carbocycles. The summed E-state index contributed by atoms with van der Waals surface area (Å²) in [5.41, 5.74) is 0. The number of Topliss-reactive ketones (excluding diaryl/α,β-unsaturated/α-hetero) is 1. The van der Waals surface area contributed by atoms with Gasteiger partial charge in [0.15, 0.2) is 0 Å². The van der Waals surface area contributed by atoms with Crippen LogP contribution in [0.3, 0.4) is 0 Å². The van der Waals surface area contributed by atoms with Gasteiger partial charge >= 0.3 is 0 Å². The van der Waals surface area contributed by atoms with Gasteiger partial charge in [-0.3, -0.25) is 4.79 Å². The van der Waals surface area contributed by atoms with Crippen LogP contribution in [0.25, 0.3) is 0 Å². The van der Waals surface area contributed by atoms with E-state index in [0.717, 1.165) is 25.0 Å². The van der Waals surface area contributed by atoms with Crippen molar-refractivity contribution in [2.24, 2.45) is 5.92 Å². The molecule has 1 nitrogen and oxygen atoms in total. The van der Waals surface area contributed by atoms with E-state index in [9.17, 15) is 4.79 Å². The van der Waals surface area contributed by atoms with Gasteiger partial charge in [-0.25, -0.2) is 0 Å². The highest BCUT2D eigenvalue weighted by Crippen LogP contribution is 2.14. The Hall–Kier alpha value is 0.310. The van der Waals surface area contributed by atoms with Crippen LogP contribution in [-0.4, -0.2) is 23.7 Å². The molecule has 72 valence electrons. The van der Waals surface area contributed by atoms with Gasteiger partial charge in [0.1, 0.15) is 5.78 Å². The summed E-state index contributed by atoms with van der Waals surface area (Å²) in [6, 6.07) is 0. The van der Waals surface area contributed by atoms with Crippen molar-refractivity contribution in [1.82, 2.24) is 0 Å². The molecular weight excluding hydrogens is 192 g/mol. The fourth-order valence-electron chi connectivity index (χ4n) is 1.16. The highest BCUT2D eigenvalue weighted by molar-refractivity contribution is 7.98. The maximum atomic E-state index is 11.1. The molecular formula is C9H17ClOS. The molecule has 0 fully saturated rings. The number of halogens is 1. The van der Waals surface area contributed by atoms with Crippen molar-refractivity contribution in [3.05, 3.63) is 0 Å². The van der Waals surface area contributed by atoms with Crippen molar-refractivity contribution < 1.29 is 4.79 Å². The van der Waals surface area contributed by atoms with Crippen molar-refractivity contribution in [3.8, 4) is 0 Å². The molecule has 0 bridgehead atoms. The maximum absolute atomic E-state index is 11.1. The predicted molar refractivity (Wildman–Crippen MR) is 57.1 cm³/mol. The monoisotopic (exact) mass is 208 g/mol. The maximum Gasteiger partial charge on any atom is 0.132 e. The summed E-state index contributed by atoms with van der Waals surface area (Å²) >= 11 is 7.42. The summed E-state index contributed by atoms with van der Waals surface area (Å²) in [6.07, 6.45) is 5.06. The largest absolute Gasteiger partial charge is 0.300 e. The van der Waals surface area contributed by atoms with Gasteiger partial charge in [0.2, 0.25) is 0 Å². The lowest BCUT2D eigenvalue weighted by molar-refractivity contribution is -0.121. The molecule has 0 aliphatic rings. The molecule has 0 rings (SSSR count). The second-order valence-electron chi connectivity index (χ2n) is 2.92. The Balaban J connectivity index is 3.56. The van der Waals surface area contributed by atoms with Crippen LogP contribution in [0.1, 0.15) is 26.2 Å². The second-order valence-corrected chi connectivity index (χ2v) is 4.28. The van der Waals surface area contributed by atoms with E-state index in [4.69, 9.17) is 11.6 Å². The van der Waals surface area contributed by atoms with Gasteiger partial charge in [-0.1, -0.05) is 0 Å². The van der Waals surface area contributed by atoms with Crippen LogP contribution in [0, 0.1) is 5.92 Å². The van der Waals surface area contributed by atoms with Crippen LogP contribution in [0.4, 0.5) is 0 Å². The van der Waals surface area contributed by atoms with E-state index >= 15 is 0 Å². The standard InChI is InChI=1S/C9H17ClOS/c1-8(11)9(5-6-10)4-3-7-12-2/h9H,3-7H2,1-2H3. The highest BCUT2D eigenvalue weighted by Gasteiger charge is 2.12. The molecule has 0 heterocycles. The Morgan fingerprint density at radius 1 is 1.50 bits per heavy atom. The van der Waals surface area contributed by atoms with Crippen LogP contribution < -0.4 is 0 Å². The van der Waals surface area contributed by atoms with Crippen LogP contribution in [-0.2, 0) is 4.79 Å². The quantitative estimate of drug-likeness (QED) is 0.473. The first-order chi connectivity index (χ1) is 5.72. The van der Waals surface area contributed by atoms with E-state index < -0.39 is 0 Å². The van der Waals surface area contributed by atoms with Crippen LogP contribution in [0.15, 0.2) is 0 Å². The lowest BCUT2D eigenvalue weighted by atomic mass is 9.97. The van der Waals surface area contributed by atoms with E-state index in [0.29, 0.717) is 5.88 Å². The molecule has 0 aromatic rings. The molecule has 12 heavy (non-hydrogen) atoms. The first-order valence-corrected chi connectivity index (χ1v) is 6.20. The number of rotatable bonds is 7. The number of thioether (sulfide) groups is 1. The Labute approximate surface area is 84.2 Å².